The number of aliphatic hydroxyl groups is 1. The summed E-state index contributed by atoms with van der Waals surface area (Å²) in [4.78, 5) is 32.2. The van der Waals surface area contributed by atoms with E-state index in [9.17, 15) is 9.59 Å². The molecule has 5 rings (SSSR count). The van der Waals surface area contributed by atoms with Gasteiger partial charge in [0.1, 0.15) is 11.4 Å². The van der Waals surface area contributed by atoms with E-state index in [1.54, 1.807) is 12.1 Å². The van der Waals surface area contributed by atoms with Gasteiger partial charge >= 0.3 is 5.97 Å². The van der Waals surface area contributed by atoms with E-state index in [0.29, 0.717) is 30.2 Å². The van der Waals surface area contributed by atoms with Gasteiger partial charge in [0.15, 0.2) is 11.6 Å². The molecule has 0 saturated heterocycles. The third kappa shape index (κ3) is 7.46. The predicted octanol–water partition coefficient (Wildman–Crippen LogP) is 4.61. The number of aliphatic hydroxyl groups excluding tert-OH is 1. The van der Waals surface area contributed by atoms with Crippen LogP contribution in [0.3, 0.4) is 0 Å². The molecule has 0 radical (unpaired) electrons. The minimum absolute atomic E-state index is 0.0265. The van der Waals surface area contributed by atoms with Crippen LogP contribution >= 0.6 is 0 Å². The standard InChI is InChI=1S/C35H41N3O6/c1-34(2,3)44-30(40)18-19-35(33(41)38-37-28-22-26-12-7-8-13-27(26)23-28)31(24-10-5-4-6-11-24)43-32(36-35)25-14-16-29(17-15-25)42-21-9-20-39/h4-8,10-17,28,31,37,39H,9,18-23H2,1-3H3,(H,38,41)/t31-,35-/m0/s1. The molecule has 0 unspecified atom stereocenters. The van der Waals surface area contributed by atoms with Gasteiger partial charge in [0.05, 0.1) is 6.61 Å². The number of amides is 1. The van der Waals surface area contributed by atoms with E-state index in [1.807, 2.05) is 75.4 Å². The SMILES string of the molecule is CC(C)(C)OC(=O)CC[C@]1(C(=O)NNC2Cc3ccccc3C2)N=C(c2ccc(OCCCO)cc2)O[C@H]1c1ccccc1. The summed E-state index contributed by atoms with van der Waals surface area (Å²) in [5.74, 6) is 0.151. The molecular formula is C35H41N3O6. The van der Waals surface area contributed by atoms with Crippen molar-refractivity contribution in [3.8, 4) is 5.75 Å². The molecule has 0 saturated carbocycles. The second kappa shape index (κ2) is 13.6. The molecule has 3 N–H and O–H groups in total. The lowest BCUT2D eigenvalue weighted by Gasteiger charge is -2.31. The number of nitrogens with zero attached hydrogens (tertiary/aromatic N) is 1. The topological polar surface area (TPSA) is 118 Å². The lowest BCUT2D eigenvalue weighted by atomic mass is 9.83. The van der Waals surface area contributed by atoms with Gasteiger partial charge in [-0.25, -0.2) is 10.4 Å². The first-order chi connectivity index (χ1) is 21.2. The van der Waals surface area contributed by atoms with Crippen molar-refractivity contribution >= 4 is 17.8 Å². The lowest BCUT2D eigenvalue weighted by molar-refractivity contribution is -0.155. The fourth-order valence-electron chi connectivity index (χ4n) is 5.62. The van der Waals surface area contributed by atoms with Crippen LogP contribution in [0.25, 0.3) is 0 Å². The Kier molecular flexibility index (Phi) is 9.66. The molecule has 2 atom stereocenters. The van der Waals surface area contributed by atoms with E-state index in [-0.39, 0.29) is 31.4 Å². The number of benzene rings is 3. The molecule has 0 bridgehead atoms. The number of hydrazine groups is 1. The fraction of sp³-hybridized carbons (Fsp3) is 0.400. The molecule has 3 aromatic rings. The maximum atomic E-state index is 14.3. The number of aliphatic imine (C=N–C) groups is 1. The average molecular weight is 600 g/mol. The van der Waals surface area contributed by atoms with Crippen molar-refractivity contribution in [3.05, 3.63) is 101 Å². The van der Waals surface area contributed by atoms with E-state index in [0.717, 1.165) is 18.4 Å². The third-order valence-electron chi connectivity index (χ3n) is 7.70. The molecule has 0 spiro atoms. The summed E-state index contributed by atoms with van der Waals surface area (Å²) in [6.45, 7) is 5.90. The first kappa shape index (κ1) is 31.2. The van der Waals surface area contributed by atoms with Gasteiger partial charge in [-0.15, -0.1) is 0 Å². The lowest BCUT2D eigenvalue weighted by Crippen LogP contribution is -2.55. The van der Waals surface area contributed by atoms with E-state index in [2.05, 4.69) is 23.0 Å². The summed E-state index contributed by atoms with van der Waals surface area (Å²) in [6.07, 6.45) is 1.38. The number of rotatable bonds is 12. The number of ether oxygens (including phenoxy) is 3. The zero-order chi connectivity index (χ0) is 31.2. The molecule has 232 valence electrons. The summed E-state index contributed by atoms with van der Waals surface area (Å²) < 4.78 is 17.8. The van der Waals surface area contributed by atoms with Gasteiger partial charge < -0.3 is 19.3 Å². The van der Waals surface area contributed by atoms with Gasteiger partial charge in [-0.2, -0.15) is 0 Å². The molecule has 0 fully saturated rings. The molecule has 0 aromatic heterocycles. The number of hydrogen-bond acceptors (Lipinski definition) is 8. The van der Waals surface area contributed by atoms with Gasteiger partial charge in [0.2, 0.25) is 5.90 Å². The van der Waals surface area contributed by atoms with Crippen LogP contribution in [0.1, 0.15) is 68.4 Å². The number of esters is 1. The number of hydrogen-bond donors (Lipinski definition) is 3. The highest BCUT2D eigenvalue weighted by molar-refractivity contribution is 6.01. The van der Waals surface area contributed by atoms with Crippen LogP contribution in [0, 0.1) is 0 Å². The molecule has 9 nitrogen and oxygen atoms in total. The Hall–Kier alpha value is -4.21. The fourth-order valence-corrected chi connectivity index (χ4v) is 5.62. The summed E-state index contributed by atoms with van der Waals surface area (Å²) in [5.41, 5.74) is 8.03. The third-order valence-corrected chi connectivity index (χ3v) is 7.70. The van der Waals surface area contributed by atoms with Crippen LogP contribution in [-0.4, -0.2) is 53.3 Å². The Morgan fingerprint density at radius 1 is 0.977 bits per heavy atom. The Morgan fingerprint density at radius 3 is 2.27 bits per heavy atom. The second-order valence-corrected chi connectivity index (χ2v) is 12.3. The largest absolute Gasteiger partial charge is 0.494 e. The van der Waals surface area contributed by atoms with Crippen LogP contribution in [0.15, 0.2) is 83.9 Å². The summed E-state index contributed by atoms with van der Waals surface area (Å²) in [5, 5.41) is 9.04. The van der Waals surface area contributed by atoms with Crippen LogP contribution in [0.4, 0.5) is 0 Å². The van der Waals surface area contributed by atoms with Crippen molar-refractivity contribution in [1.29, 1.82) is 0 Å². The van der Waals surface area contributed by atoms with Gasteiger partial charge in [0.25, 0.3) is 5.91 Å². The molecule has 2 aliphatic rings. The highest BCUT2D eigenvalue weighted by Crippen LogP contribution is 2.43. The van der Waals surface area contributed by atoms with Crippen LogP contribution in [0.2, 0.25) is 0 Å². The molecule has 1 heterocycles. The number of nitrogens with one attached hydrogen (secondary N) is 2. The monoisotopic (exact) mass is 599 g/mol. The van der Waals surface area contributed by atoms with Gasteiger partial charge in [-0.05, 0) is 81.0 Å². The Labute approximate surface area is 258 Å². The highest BCUT2D eigenvalue weighted by Gasteiger charge is 2.53. The normalized spacial score (nSPS) is 19.5. The second-order valence-electron chi connectivity index (χ2n) is 12.3. The van der Waals surface area contributed by atoms with Crippen molar-refractivity contribution < 1.29 is 28.9 Å². The maximum Gasteiger partial charge on any atom is 0.306 e. The molecule has 1 aliphatic carbocycles. The van der Waals surface area contributed by atoms with E-state index >= 15 is 0 Å². The van der Waals surface area contributed by atoms with Crippen molar-refractivity contribution in [2.45, 2.75) is 76.2 Å². The summed E-state index contributed by atoms with van der Waals surface area (Å²) >= 11 is 0. The van der Waals surface area contributed by atoms with E-state index < -0.39 is 23.2 Å². The average Bonchev–Trinajstić information content (AvgIpc) is 3.61. The molecule has 9 heteroatoms. The molecule has 1 aliphatic heterocycles. The van der Waals surface area contributed by atoms with Crippen molar-refractivity contribution in [2.24, 2.45) is 4.99 Å². The first-order valence-electron chi connectivity index (χ1n) is 15.2. The highest BCUT2D eigenvalue weighted by atomic mass is 16.6. The zero-order valence-corrected chi connectivity index (χ0v) is 25.5. The molecule has 3 aromatic carbocycles. The van der Waals surface area contributed by atoms with Gasteiger partial charge in [0, 0.05) is 31.1 Å². The molecule has 1 amide bonds. The van der Waals surface area contributed by atoms with Crippen LogP contribution in [0.5, 0.6) is 5.75 Å². The predicted molar refractivity (Wildman–Crippen MR) is 167 cm³/mol. The zero-order valence-electron chi connectivity index (χ0n) is 25.5. The van der Waals surface area contributed by atoms with Gasteiger partial charge in [-0.1, -0.05) is 54.6 Å². The summed E-state index contributed by atoms with van der Waals surface area (Å²) in [6, 6.07) is 25.0. The Balaban J connectivity index is 1.44. The quantitative estimate of drug-likeness (QED) is 0.158. The Bertz CT molecular complexity index is 1440. The molecular weight excluding hydrogens is 558 g/mol. The van der Waals surface area contributed by atoms with Gasteiger partial charge in [-0.3, -0.25) is 15.0 Å². The molecule has 44 heavy (non-hydrogen) atoms. The Morgan fingerprint density at radius 2 is 1.64 bits per heavy atom. The summed E-state index contributed by atoms with van der Waals surface area (Å²) in [7, 11) is 0. The number of carbonyl (C=O) groups is 2. The first-order valence-corrected chi connectivity index (χ1v) is 15.2. The van der Waals surface area contributed by atoms with E-state index in [4.69, 9.17) is 24.3 Å². The maximum absolute atomic E-state index is 14.3. The van der Waals surface area contributed by atoms with Crippen LogP contribution < -0.4 is 15.6 Å². The minimum Gasteiger partial charge on any atom is -0.494 e. The van der Waals surface area contributed by atoms with Crippen LogP contribution in [-0.2, 0) is 31.9 Å². The smallest absolute Gasteiger partial charge is 0.306 e. The van der Waals surface area contributed by atoms with E-state index in [1.165, 1.54) is 11.1 Å². The number of fused-ring (bicyclic) bond motifs is 1. The van der Waals surface area contributed by atoms with Crippen molar-refractivity contribution in [1.82, 2.24) is 10.9 Å². The minimum atomic E-state index is -1.46. The van der Waals surface area contributed by atoms with Crippen molar-refractivity contribution in [2.75, 3.05) is 13.2 Å². The van der Waals surface area contributed by atoms with Crippen molar-refractivity contribution in [3.63, 3.8) is 0 Å². The number of carbonyl (C=O) groups excluding carboxylic acids is 2.